The van der Waals surface area contributed by atoms with Gasteiger partial charge in [0.1, 0.15) is 36.2 Å². The maximum absolute atomic E-state index is 13.3. The number of cyclic esters (lactones) is 1. The van der Waals surface area contributed by atoms with Gasteiger partial charge in [0.25, 0.3) is 0 Å². The predicted molar refractivity (Wildman–Crippen MR) is 145 cm³/mol. The molecule has 0 saturated carbocycles. The number of nitrogens with one attached hydrogen (secondary N) is 2. The van der Waals surface area contributed by atoms with Gasteiger partial charge in [-0.05, 0) is 19.8 Å². The average molecular weight is 612 g/mol. The molecule has 2 aliphatic heterocycles. The molecule has 2 heterocycles. The zero-order valence-corrected chi connectivity index (χ0v) is 23.4. The van der Waals surface area contributed by atoms with E-state index >= 15 is 0 Å². The minimum absolute atomic E-state index is 0.00473. The minimum atomic E-state index is -1.63. The Morgan fingerprint density at radius 1 is 1.24 bits per heavy atom. The van der Waals surface area contributed by atoms with Crippen molar-refractivity contribution >= 4 is 47.3 Å². The Bertz CT molecular complexity index is 1280. The molecule has 230 valence electrons. The molecule has 0 aliphatic carbocycles. The lowest BCUT2D eigenvalue weighted by Crippen LogP contribution is -2.60. The molecule has 1 aromatic rings. The highest BCUT2D eigenvalue weighted by molar-refractivity contribution is 7.98. The number of aliphatic carboxylic acids is 1. The third-order valence-corrected chi connectivity index (χ3v) is 8.02. The third-order valence-electron chi connectivity index (χ3n) is 6.96. The zero-order valence-electron chi connectivity index (χ0n) is 22.6. The number of thioether (sulfide) groups is 1. The summed E-state index contributed by atoms with van der Waals surface area (Å²) >= 11 is 1.05. The van der Waals surface area contributed by atoms with E-state index in [9.17, 15) is 44.1 Å². The third kappa shape index (κ3) is 7.40. The molecule has 16 nitrogen and oxygen atoms in total. The predicted octanol–water partition coefficient (Wildman–Crippen LogP) is -2.58. The molecular formula is C25H33N5O11S. The van der Waals surface area contributed by atoms with Crippen LogP contribution in [0.25, 0.3) is 0 Å². The fraction of sp³-hybridized carbons (Fsp3) is 0.520. The molecule has 0 spiro atoms. The molecule has 42 heavy (non-hydrogen) atoms. The molecule has 0 radical (unpaired) electrons. The van der Waals surface area contributed by atoms with Crippen LogP contribution in [0.1, 0.15) is 40.7 Å². The topological polar surface area (TPSA) is 272 Å². The lowest BCUT2D eigenvalue weighted by Gasteiger charge is -2.29. The molecule has 17 heteroatoms. The number of primary amides is 1. The SMILES string of the molecule is Cc1c(O)cc(O)c2c1C(=O)OC[C@H](NC(=O)[C@@H]1[C@H](O)CCN1C(=O)[C@@H](N)CCC(=O)O)C(=O)N[C@@H](C(N)=O)CSC2. The van der Waals surface area contributed by atoms with E-state index in [2.05, 4.69) is 10.6 Å². The lowest BCUT2D eigenvalue weighted by atomic mass is 10.0. The molecular weight excluding hydrogens is 578 g/mol. The van der Waals surface area contributed by atoms with Crippen LogP contribution in [0.15, 0.2) is 6.07 Å². The maximum Gasteiger partial charge on any atom is 0.339 e. The van der Waals surface area contributed by atoms with Crippen LogP contribution in [0.2, 0.25) is 0 Å². The first-order chi connectivity index (χ1) is 19.7. The summed E-state index contributed by atoms with van der Waals surface area (Å²) in [5, 5.41) is 44.6. The Balaban J connectivity index is 1.88. The monoisotopic (exact) mass is 611 g/mol. The largest absolute Gasteiger partial charge is 0.508 e. The average Bonchev–Trinajstić information content (AvgIpc) is 3.31. The number of fused-ring (bicyclic) bond motifs is 1. The molecule has 5 atom stereocenters. The van der Waals surface area contributed by atoms with Gasteiger partial charge >= 0.3 is 11.9 Å². The number of rotatable bonds is 7. The van der Waals surface area contributed by atoms with Crippen LogP contribution in [-0.4, -0.2) is 110 Å². The summed E-state index contributed by atoms with van der Waals surface area (Å²) in [6.45, 7) is 0.561. The van der Waals surface area contributed by atoms with E-state index in [1.54, 1.807) is 0 Å². The van der Waals surface area contributed by atoms with Crippen molar-refractivity contribution in [1.82, 2.24) is 15.5 Å². The van der Waals surface area contributed by atoms with E-state index in [-0.39, 0.29) is 53.3 Å². The number of carboxylic acid groups (broad SMARTS) is 1. The van der Waals surface area contributed by atoms with E-state index in [1.807, 2.05) is 0 Å². The normalized spacial score (nSPS) is 23.8. The highest BCUT2D eigenvalue weighted by Gasteiger charge is 2.43. The Kier molecular flexibility index (Phi) is 10.6. The van der Waals surface area contributed by atoms with Crippen LogP contribution < -0.4 is 22.1 Å². The number of carbonyl (C=O) groups is 6. The fourth-order valence-electron chi connectivity index (χ4n) is 4.60. The summed E-state index contributed by atoms with van der Waals surface area (Å²) in [6.07, 6.45) is -1.97. The van der Waals surface area contributed by atoms with Crippen LogP contribution in [-0.2, 0) is 34.5 Å². The zero-order chi connectivity index (χ0) is 31.3. The lowest BCUT2D eigenvalue weighted by molar-refractivity contribution is -0.143. The van der Waals surface area contributed by atoms with Crippen molar-refractivity contribution in [2.75, 3.05) is 18.9 Å². The number of hydrogen-bond acceptors (Lipinski definition) is 12. The number of esters is 1. The number of carbonyl (C=O) groups excluding carboxylic acids is 5. The molecule has 1 fully saturated rings. The Labute approximate surface area is 243 Å². The van der Waals surface area contributed by atoms with Gasteiger partial charge < -0.3 is 52.2 Å². The second-order valence-electron chi connectivity index (χ2n) is 9.90. The van der Waals surface area contributed by atoms with Crippen molar-refractivity contribution in [3.05, 3.63) is 22.8 Å². The van der Waals surface area contributed by atoms with Crippen molar-refractivity contribution < 1.29 is 53.9 Å². The number of aromatic hydroxyl groups is 2. The maximum atomic E-state index is 13.3. The summed E-state index contributed by atoms with van der Waals surface area (Å²) in [7, 11) is 0. The van der Waals surface area contributed by atoms with Crippen LogP contribution in [0, 0.1) is 6.92 Å². The van der Waals surface area contributed by atoms with E-state index in [4.69, 9.17) is 21.3 Å². The molecule has 0 aromatic heterocycles. The van der Waals surface area contributed by atoms with E-state index in [1.165, 1.54) is 6.92 Å². The first kappa shape index (κ1) is 32.4. The number of carboxylic acids is 1. The van der Waals surface area contributed by atoms with Crippen LogP contribution >= 0.6 is 11.8 Å². The van der Waals surface area contributed by atoms with Gasteiger partial charge in [-0.1, -0.05) is 0 Å². The number of hydrogen-bond donors (Lipinski definition) is 8. The molecule has 1 saturated heterocycles. The molecule has 4 amide bonds. The number of benzene rings is 1. The van der Waals surface area contributed by atoms with Crippen LogP contribution in [0.3, 0.4) is 0 Å². The van der Waals surface area contributed by atoms with E-state index in [0.717, 1.165) is 22.7 Å². The summed E-state index contributed by atoms with van der Waals surface area (Å²) in [5.41, 5.74) is 11.3. The van der Waals surface area contributed by atoms with Crippen molar-refractivity contribution in [1.29, 1.82) is 0 Å². The number of nitrogens with two attached hydrogens (primary N) is 2. The number of likely N-dealkylation sites (tertiary alicyclic amines) is 1. The minimum Gasteiger partial charge on any atom is -0.508 e. The van der Waals surface area contributed by atoms with Gasteiger partial charge in [-0.15, -0.1) is 0 Å². The van der Waals surface area contributed by atoms with Crippen molar-refractivity contribution in [3.8, 4) is 11.5 Å². The van der Waals surface area contributed by atoms with Gasteiger partial charge in [0.15, 0.2) is 0 Å². The summed E-state index contributed by atoms with van der Waals surface area (Å²) in [4.78, 5) is 76.3. The molecule has 0 bridgehead atoms. The number of nitrogens with zero attached hydrogens (tertiary/aromatic N) is 1. The number of phenolic OH excluding ortho intramolecular Hbond substituents is 2. The fourth-order valence-corrected chi connectivity index (χ4v) is 5.70. The smallest absolute Gasteiger partial charge is 0.339 e. The number of aliphatic hydroxyl groups is 1. The number of amides is 4. The van der Waals surface area contributed by atoms with Gasteiger partial charge in [-0.25, -0.2) is 4.79 Å². The second-order valence-corrected chi connectivity index (χ2v) is 10.9. The van der Waals surface area contributed by atoms with Crippen molar-refractivity contribution in [2.45, 2.75) is 62.2 Å². The Hall–Kier alpha value is -4.09. The van der Waals surface area contributed by atoms with Gasteiger partial charge in [-0.3, -0.25) is 24.0 Å². The van der Waals surface area contributed by atoms with Gasteiger partial charge in [0.2, 0.25) is 23.6 Å². The number of aliphatic hydroxyl groups excluding tert-OH is 1. The first-order valence-electron chi connectivity index (χ1n) is 12.9. The number of phenols is 2. The highest BCUT2D eigenvalue weighted by atomic mass is 32.2. The van der Waals surface area contributed by atoms with Crippen LogP contribution in [0.4, 0.5) is 0 Å². The van der Waals surface area contributed by atoms with Gasteiger partial charge in [0, 0.05) is 41.7 Å². The summed E-state index contributed by atoms with van der Waals surface area (Å²) in [6, 6.07) is -4.58. The molecule has 10 N–H and O–H groups in total. The van der Waals surface area contributed by atoms with Crippen molar-refractivity contribution in [2.24, 2.45) is 11.5 Å². The Morgan fingerprint density at radius 2 is 1.93 bits per heavy atom. The van der Waals surface area contributed by atoms with Gasteiger partial charge in [0.05, 0.1) is 17.7 Å². The summed E-state index contributed by atoms with van der Waals surface area (Å²) < 4.78 is 5.29. The van der Waals surface area contributed by atoms with E-state index < -0.39 is 84.6 Å². The molecule has 1 aromatic carbocycles. The number of ether oxygens (including phenoxy) is 1. The second kappa shape index (κ2) is 13.7. The standard InChI is InChI=1S/C25H33N5O11S/c1-10-16(32)6-17(33)11-8-42-9-14(21(27)36)29-22(37)13(7-41-25(40)19(10)11)28-23(38)20-15(31)4-5-30(20)24(39)12(26)2-3-18(34)35/h6,12-15,20,31-33H,2-5,7-9,26H2,1H3,(H2,27,36)(H,28,38)(H,29,37)(H,34,35)/t12-,13-,14+,15+,20-/m0/s1. The summed E-state index contributed by atoms with van der Waals surface area (Å²) in [5.74, 6) is -6.70. The molecule has 3 rings (SSSR count). The first-order valence-corrected chi connectivity index (χ1v) is 14.0. The van der Waals surface area contributed by atoms with Crippen LogP contribution in [0.5, 0.6) is 11.5 Å². The highest BCUT2D eigenvalue weighted by Crippen LogP contribution is 2.35. The molecule has 0 unspecified atom stereocenters. The Morgan fingerprint density at radius 3 is 2.57 bits per heavy atom. The van der Waals surface area contributed by atoms with Crippen molar-refractivity contribution in [3.63, 3.8) is 0 Å². The quantitative estimate of drug-likeness (QED) is 0.147. The van der Waals surface area contributed by atoms with E-state index in [0.29, 0.717) is 0 Å². The molecule has 2 aliphatic rings. The van der Waals surface area contributed by atoms with Gasteiger partial charge in [-0.2, -0.15) is 11.8 Å².